The van der Waals surface area contributed by atoms with Crippen molar-refractivity contribution in [1.82, 2.24) is 14.9 Å². The molecule has 1 amide bonds. The Kier molecular flexibility index (Phi) is 5.15. The maximum absolute atomic E-state index is 12.2. The van der Waals surface area contributed by atoms with Gasteiger partial charge >= 0.3 is 0 Å². The molecule has 0 radical (unpaired) electrons. The first-order valence-corrected chi connectivity index (χ1v) is 8.29. The number of ether oxygens (including phenoxy) is 1. The molecule has 0 saturated heterocycles. The topological polar surface area (TPSA) is 76.4 Å². The number of hydrogen-bond donors (Lipinski definition) is 2. The quantitative estimate of drug-likeness (QED) is 0.876. The fourth-order valence-electron chi connectivity index (χ4n) is 3.14. The van der Waals surface area contributed by atoms with Crippen LogP contribution >= 0.6 is 0 Å². The Bertz CT molecular complexity index is 671. The highest BCUT2D eigenvalue weighted by Crippen LogP contribution is 2.28. The largest absolute Gasteiger partial charge is 0.488 e. The van der Waals surface area contributed by atoms with Gasteiger partial charge in [0.15, 0.2) is 0 Å². The summed E-state index contributed by atoms with van der Waals surface area (Å²) < 4.78 is 7.59. The Morgan fingerprint density at radius 3 is 2.88 bits per heavy atom. The second kappa shape index (κ2) is 7.49. The van der Waals surface area contributed by atoms with E-state index >= 15 is 0 Å². The molecule has 128 valence electrons. The van der Waals surface area contributed by atoms with Crippen LogP contribution in [0.1, 0.15) is 29.8 Å². The molecule has 6 heteroatoms. The van der Waals surface area contributed by atoms with Crippen LogP contribution in [-0.2, 0) is 7.05 Å². The molecule has 0 bridgehead atoms. The number of aliphatic hydroxyl groups excluding tert-OH is 1. The van der Waals surface area contributed by atoms with Crippen LogP contribution < -0.4 is 10.1 Å². The molecular weight excluding hydrogens is 306 g/mol. The lowest BCUT2D eigenvalue weighted by Crippen LogP contribution is -2.46. The van der Waals surface area contributed by atoms with Crippen molar-refractivity contribution in [1.29, 1.82) is 0 Å². The van der Waals surface area contributed by atoms with E-state index < -0.39 is 6.10 Å². The van der Waals surface area contributed by atoms with E-state index in [1.165, 1.54) is 6.20 Å². The van der Waals surface area contributed by atoms with Gasteiger partial charge in [0.05, 0.1) is 18.6 Å². The third-order valence-electron chi connectivity index (χ3n) is 4.53. The molecule has 1 saturated carbocycles. The van der Waals surface area contributed by atoms with Gasteiger partial charge in [-0.3, -0.25) is 4.79 Å². The lowest BCUT2D eigenvalue weighted by molar-refractivity contribution is -0.0301. The highest BCUT2D eigenvalue weighted by Gasteiger charge is 2.33. The molecule has 1 aromatic heterocycles. The Hall–Kier alpha value is -2.34. The summed E-state index contributed by atoms with van der Waals surface area (Å²) in [5, 5.41) is 13.5. The Balaban J connectivity index is 1.56. The molecule has 0 spiro atoms. The minimum Gasteiger partial charge on any atom is -0.488 e. The summed E-state index contributed by atoms with van der Waals surface area (Å²) >= 11 is 0. The number of aromatic nitrogens is 2. The number of benzene rings is 1. The monoisotopic (exact) mass is 329 g/mol. The molecule has 3 rings (SSSR count). The molecule has 1 aliphatic carbocycles. The molecule has 0 aliphatic heterocycles. The summed E-state index contributed by atoms with van der Waals surface area (Å²) in [6.07, 6.45) is 4.97. The van der Waals surface area contributed by atoms with E-state index in [0.717, 1.165) is 25.0 Å². The first-order valence-electron chi connectivity index (χ1n) is 8.29. The molecule has 1 heterocycles. The zero-order chi connectivity index (χ0) is 16.9. The van der Waals surface area contributed by atoms with Crippen molar-refractivity contribution in [3.8, 4) is 5.75 Å². The highest BCUT2D eigenvalue weighted by atomic mass is 16.5. The summed E-state index contributed by atoms with van der Waals surface area (Å²) in [5.41, 5.74) is 0.511. The van der Waals surface area contributed by atoms with Crippen LogP contribution in [0, 0.1) is 5.92 Å². The molecule has 6 nitrogen and oxygen atoms in total. The number of carbonyl (C=O) groups excluding carboxylic acids is 1. The Labute approximate surface area is 141 Å². The van der Waals surface area contributed by atoms with E-state index in [2.05, 4.69) is 10.3 Å². The Morgan fingerprint density at radius 2 is 2.17 bits per heavy atom. The number of imidazole rings is 1. The molecule has 2 N–H and O–H groups in total. The number of rotatable bonds is 5. The van der Waals surface area contributed by atoms with Crippen LogP contribution in [0.5, 0.6) is 5.75 Å². The van der Waals surface area contributed by atoms with Crippen molar-refractivity contribution in [2.45, 2.75) is 31.5 Å². The molecule has 2 aromatic rings. The molecule has 0 unspecified atom stereocenters. The molecule has 1 fully saturated rings. The predicted octanol–water partition coefficient (Wildman–Crippen LogP) is 1.76. The van der Waals surface area contributed by atoms with E-state index in [1.54, 1.807) is 17.9 Å². The van der Waals surface area contributed by atoms with E-state index in [0.29, 0.717) is 12.2 Å². The number of carbonyl (C=O) groups is 1. The van der Waals surface area contributed by atoms with Crippen molar-refractivity contribution < 1.29 is 14.6 Å². The smallest absolute Gasteiger partial charge is 0.269 e. The minimum absolute atomic E-state index is 0.00959. The molecule has 1 aliphatic rings. The van der Waals surface area contributed by atoms with Gasteiger partial charge in [-0.05, 0) is 31.4 Å². The number of hydrogen-bond acceptors (Lipinski definition) is 4. The summed E-state index contributed by atoms with van der Waals surface area (Å²) in [6, 6.07) is 9.54. The van der Waals surface area contributed by atoms with Gasteiger partial charge in [-0.25, -0.2) is 4.98 Å². The zero-order valence-electron chi connectivity index (χ0n) is 13.8. The lowest BCUT2D eigenvalue weighted by Gasteiger charge is -2.35. The zero-order valence-corrected chi connectivity index (χ0v) is 13.8. The van der Waals surface area contributed by atoms with Crippen LogP contribution in [0.15, 0.2) is 42.9 Å². The lowest BCUT2D eigenvalue weighted by atomic mass is 9.84. The van der Waals surface area contributed by atoms with Gasteiger partial charge in [-0.2, -0.15) is 0 Å². The summed E-state index contributed by atoms with van der Waals surface area (Å²) in [7, 11) is 1.78. The number of nitrogens with zero attached hydrogens (tertiary/aromatic N) is 2. The van der Waals surface area contributed by atoms with Gasteiger partial charge in [-0.15, -0.1) is 0 Å². The number of nitrogens with one attached hydrogen (secondary N) is 1. The van der Waals surface area contributed by atoms with E-state index in [1.807, 2.05) is 30.3 Å². The fourth-order valence-corrected chi connectivity index (χ4v) is 3.14. The third kappa shape index (κ3) is 3.76. The maximum Gasteiger partial charge on any atom is 0.269 e. The minimum atomic E-state index is -0.592. The number of aliphatic hydroxyl groups is 1. The van der Waals surface area contributed by atoms with Crippen LogP contribution in [0.4, 0.5) is 0 Å². The summed E-state index contributed by atoms with van der Waals surface area (Å²) in [5.74, 6) is 0.582. The average Bonchev–Trinajstić information content (AvgIpc) is 3.02. The van der Waals surface area contributed by atoms with Gasteiger partial charge in [-0.1, -0.05) is 18.2 Å². The second-order valence-corrected chi connectivity index (χ2v) is 6.25. The molecule has 3 atom stereocenters. The first-order chi connectivity index (χ1) is 11.6. The predicted molar refractivity (Wildman–Crippen MR) is 89.7 cm³/mol. The van der Waals surface area contributed by atoms with Crippen molar-refractivity contribution in [2.24, 2.45) is 13.0 Å². The number of aryl methyl sites for hydroxylation is 1. The summed E-state index contributed by atoms with van der Waals surface area (Å²) in [4.78, 5) is 16.1. The SMILES string of the molecule is Cn1cncc1C(=O)NC[C@H]1CCC[C@@H](Oc2ccccc2)[C@@H]1O. The fraction of sp³-hybridized carbons (Fsp3) is 0.444. The number of amides is 1. The van der Waals surface area contributed by atoms with E-state index in [-0.39, 0.29) is 17.9 Å². The molecule has 24 heavy (non-hydrogen) atoms. The van der Waals surface area contributed by atoms with Gasteiger partial charge in [0, 0.05) is 19.5 Å². The van der Waals surface area contributed by atoms with Gasteiger partial charge in [0.2, 0.25) is 0 Å². The van der Waals surface area contributed by atoms with Crippen molar-refractivity contribution in [3.05, 3.63) is 48.5 Å². The molecular formula is C18H23N3O3. The molecule has 1 aromatic carbocycles. The third-order valence-corrected chi connectivity index (χ3v) is 4.53. The standard InChI is InChI=1S/C18H23N3O3/c1-21-12-19-11-15(21)18(23)20-10-13-6-5-9-16(17(13)22)24-14-7-3-2-4-8-14/h2-4,7-8,11-13,16-17,22H,5-6,9-10H2,1H3,(H,20,23)/t13-,16-,17-/m1/s1. The first kappa shape index (κ1) is 16.5. The normalized spacial score (nSPS) is 23.7. The van der Waals surface area contributed by atoms with Crippen LogP contribution in [0.3, 0.4) is 0 Å². The maximum atomic E-state index is 12.2. The Morgan fingerprint density at radius 1 is 1.38 bits per heavy atom. The van der Waals surface area contributed by atoms with Gasteiger partial charge in [0.1, 0.15) is 17.5 Å². The van der Waals surface area contributed by atoms with E-state index in [9.17, 15) is 9.90 Å². The van der Waals surface area contributed by atoms with Gasteiger partial charge in [0.25, 0.3) is 5.91 Å². The highest BCUT2D eigenvalue weighted by molar-refractivity contribution is 5.92. The average molecular weight is 329 g/mol. The summed E-state index contributed by atoms with van der Waals surface area (Å²) in [6.45, 7) is 0.430. The van der Waals surface area contributed by atoms with Crippen LogP contribution in [0.25, 0.3) is 0 Å². The number of para-hydroxylation sites is 1. The van der Waals surface area contributed by atoms with Crippen molar-refractivity contribution in [2.75, 3.05) is 6.54 Å². The van der Waals surface area contributed by atoms with Crippen molar-refractivity contribution in [3.63, 3.8) is 0 Å². The van der Waals surface area contributed by atoms with Crippen LogP contribution in [0.2, 0.25) is 0 Å². The van der Waals surface area contributed by atoms with Crippen LogP contribution in [-0.4, -0.2) is 39.3 Å². The van der Waals surface area contributed by atoms with Gasteiger partial charge < -0.3 is 19.7 Å². The van der Waals surface area contributed by atoms with E-state index in [4.69, 9.17) is 4.74 Å². The van der Waals surface area contributed by atoms with Crippen molar-refractivity contribution >= 4 is 5.91 Å². The second-order valence-electron chi connectivity index (χ2n) is 6.25.